The number of carbonyl (C=O) groups excluding carboxylic acids is 1. The van der Waals surface area contributed by atoms with Crippen molar-refractivity contribution in [1.82, 2.24) is 15.0 Å². The van der Waals surface area contributed by atoms with Gasteiger partial charge in [-0.25, -0.2) is 13.1 Å². The third-order valence-electron chi connectivity index (χ3n) is 6.00. The molecule has 6 nitrogen and oxygen atoms in total. The Morgan fingerprint density at radius 1 is 1.13 bits per heavy atom. The van der Waals surface area contributed by atoms with E-state index in [1.807, 2.05) is 6.07 Å². The van der Waals surface area contributed by atoms with Crippen LogP contribution in [0.5, 0.6) is 0 Å². The number of sulfonamides is 1. The molecule has 1 aromatic heterocycles. The first-order valence-corrected chi connectivity index (χ1v) is 11.8. The Bertz CT molecular complexity index is 1040. The third-order valence-corrected chi connectivity index (χ3v) is 7.59. The minimum atomic E-state index is -3.58. The monoisotopic (exact) mass is 425 g/mol. The molecule has 2 N–H and O–H groups in total. The molecule has 1 fully saturated rings. The average molecular weight is 426 g/mol. The van der Waals surface area contributed by atoms with Gasteiger partial charge in [0, 0.05) is 18.3 Å². The average Bonchev–Trinajstić information content (AvgIpc) is 2.98. The SMILES string of the molecule is CC1C=C2CC(NS(=O)(=O)c3ccccc3)(C1)CC2CCNC(=O)c1ccccn1. The van der Waals surface area contributed by atoms with Crippen molar-refractivity contribution in [2.24, 2.45) is 11.8 Å². The summed E-state index contributed by atoms with van der Waals surface area (Å²) in [4.78, 5) is 16.6. The van der Waals surface area contributed by atoms with Crippen LogP contribution in [0.2, 0.25) is 0 Å². The van der Waals surface area contributed by atoms with Crippen molar-refractivity contribution in [3.8, 4) is 0 Å². The van der Waals surface area contributed by atoms with Gasteiger partial charge in [0.15, 0.2) is 0 Å². The molecule has 1 aromatic carbocycles. The second kappa shape index (κ2) is 8.32. The molecular formula is C23H27N3O3S. The molecule has 1 heterocycles. The van der Waals surface area contributed by atoms with Gasteiger partial charge in [0.1, 0.15) is 5.69 Å². The van der Waals surface area contributed by atoms with Crippen molar-refractivity contribution in [3.05, 3.63) is 72.1 Å². The van der Waals surface area contributed by atoms with Crippen molar-refractivity contribution in [3.63, 3.8) is 0 Å². The van der Waals surface area contributed by atoms with E-state index in [0.717, 1.165) is 25.7 Å². The van der Waals surface area contributed by atoms with Crippen molar-refractivity contribution in [2.45, 2.75) is 43.0 Å². The van der Waals surface area contributed by atoms with Crippen LogP contribution >= 0.6 is 0 Å². The number of fused-ring (bicyclic) bond motifs is 2. The van der Waals surface area contributed by atoms with E-state index in [-0.39, 0.29) is 11.8 Å². The number of carbonyl (C=O) groups is 1. The number of pyridine rings is 1. The molecule has 0 spiro atoms. The van der Waals surface area contributed by atoms with E-state index in [1.165, 1.54) is 5.57 Å². The summed E-state index contributed by atoms with van der Waals surface area (Å²) in [5.74, 6) is 0.399. The summed E-state index contributed by atoms with van der Waals surface area (Å²) in [6.45, 7) is 2.67. The highest BCUT2D eigenvalue weighted by atomic mass is 32.2. The molecule has 30 heavy (non-hydrogen) atoms. The molecular weight excluding hydrogens is 398 g/mol. The second-order valence-corrected chi connectivity index (χ2v) is 10.1. The van der Waals surface area contributed by atoms with Gasteiger partial charge >= 0.3 is 0 Å². The molecule has 2 aromatic rings. The first-order chi connectivity index (χ1) is 14.4. The summed E-state index contributed by atoms with van der Waals surface area (Å²) in [6.07, 6.45) is 6.96. The van der Waals surface area contributed by atoms with Crippen LogP contribution in [0.3, 0.4) is 0 Å². The van der Waals surface area contributed by atoms with Gasteiger partial charge in [-0.15, -0.1) is 0 Å². The molecule has 2 aliphatic carbocycles. The molecule has 7 heteroatoms. The van der Waals surface area contributed by atoms with E-state index >= 15 is 0 Å². The van der Waals surface area contributed by atoms with Gasteiger partial charge in [-0.3, -0.25) is 9.78 Å². The number of allylic oxidation sites excluding steroid dienone is 1. The van der Waals surface area contributed by atoms with Crippen molar-refractivity contribution in [1.29, 1.82) is 0 Å². The Morgan fingerprint density at radius 3 is 2.63 bits per heavy atom. The van der Waals surface area contributed by atoms with Crippen LogP contribution in [-0.4, -0.2) is 31.4 Å². The third kappa shape index (κ3) is 4.47. The molecule has 0 radical (unpaired) electrons. The standard InChI is InChI=1S/C23H27N3O3S/c1-17-13-19-16-23(14-17,26-30(28,29)20-7-3-2-4-8-20)15-18(19)10-12-25-22(27)21-9-5-6-11-24-21/h2-9,11,13,17-18,26H,10,12,14-16H2,1H3,(H,25,27). The lowest BCUT2D eigenvalue weighted by Gasteiger charge is -2.34. The smallest absolute Gasteiger partial charge is 0.269 e. The molecule has 0 aliphatic heterocycles. The Hall–Kier alpha value is -2.51. The summed E-state index contributed by atoms with van der Waals surface area (Å²) in [6, 6.07) is 13.8. The van der Waals surface area contributed by atoms with Crippen molar-refractivity contribution in [2.75, 3.05) is 6.54 Å². The molecule has 1 amide bonds. The van der Waals surface area contributed by atoms with Crippen LogP contribution in [0.1, 0.15) is 43.1 Å². The first kappa shape index (κ1) is 20.8. The molecule has 4 rings (SSSR count). The van der Waals surface area contributed by atoms with Gasteiger partial charge < -0.3 is 5.32 Å². The van der Waals surface area contributed by atoms with Gasteiger partial charge in [-0.1, -0.05) is 42.8 Å². The Labute approximate surface area is 177 Å². The maximum atomic E-state index is 13.0. The van der Waals surface area contributed by atoms with Gasteiger partial charge in [0.2, 0.25) is 10.0 Å². The van der Waals surface area contributed by atoms with E-state index in [2.05, 4.69) is 28.0 Å². The van der Waals surface area contributed by atoms with Gasteiger partial charge in [-0.05, 0) is 61.8 Å². The van der Waals surface area contributed by atoms with Crippen LogP contribution in [0, 0.1) is 11.8 Å². The minimum Gasteiger partial charge on any atom is -0.351 e. The van der Waals surface area contributed by atoms with Gasteiger partial charge in [0.05, 0.1) is 4.90 Å². The number of nitrogens with one attached hydrogen (secondary N) is 2. The van der Waals surface area contributed by atoms with Crippen LogP contribution in [0.4, 0.5) is 0 Å². The summed E-state index contributed by atoms with van der Waals surface area (Å²) >= 11 is 0. The molecule has 0 saturated heterocycles. The molecule has 2 bridgehead atoms. The zero-order valence-electron chi connectivity index (χ0n) is 17.0. The number of rotatable bonds is 7. The lowest BCUT2D eigenvalue weighted by atomic mass is 9.83. The highest BCUT2D eigenvalue weighted by Crippen LogP contribution is 2.48. The summed E-state index contributed by atoms with van der Waals surface area (Å²) in [5, 5.41) is 2.94. The molecule has 158 valence electrons. The zero-order valence-corrected chi connectivity index (χ0v) is 17.9. The molecule has 2 aliphatic rings. The largest absolute Gasteiger partial charge is 0.351 e. The maximum Gasteiger partial charge on any atom is 0.269 e. The van der Waals surface area contributed by atoms with Crippen molar-refractivity contribution < 1.29 is 13.2 Å². The number of aromatic nitrogens is 1. The lowest BCUT2D eigenvalue weighted by Crippen LogP contribution is -2.48. The van der Waals surface area contributed by atoms with Crippen molar-refractivity contribution >= 4 is 15.9 Å². The zero-order chi connectivity index (χ0) is 21.2. The topological polar surface area (TPSA) is 88.2 Å². The predicted molar refractivity (Wildman–Crippen MR) is 115 cm³/mol. The number of nitrogens with zero attached hydrogens (tertiary/aromatic N) is 1. The maximum absolute atomic E-state index is 13.0. The fourth-order valence-corrected chi connectivity index (χ4v) is 6.34. The van der Waals surface area contributed by atoms with E-state index < -0.39 is 15.6 Å². The van der Waals surface area contributed by atoms with E-state index in [4.69, 9.17) is 0 Å². The minimum absolute atomic E-state index is 0.182. The van der Waals surface area contributed by atoms with E-state index in [1.54, 1.807) is 48.7 Å². The number of hydrogen-bond donors (Lipinski definition) is 2. The predicted octanol–water partition coefficient (Wildman–Crippen LogP) is 3.30. The highest BCUT2D eigenvalue weighted by Gasteiger charge is 2.47. The fraction of sp³-hybridized carbons (Fsp3) is 0.391. The Morgan fingerprint density at radius 2 is 1.90 bits per heavy atom. The molecule has 3 atom stereocenters. The normalized spacial score (nSPS) is 25.6. The summed E-state index contributed by atoms with van der Waals surface area (Å²) in [7, 11) is -3.58. The molecule has 3 unspecified atom stereocenters. The Balaban J connectivity index is 1.42. The Kier molecular flexibility index (Phi) is 5.75. The summed E-state index contributed by atoms with van der Waals surface area (Å²) in [5.41, 5.74) is 1.26. The van der Waals surface area contributed by atoms with Crippen LogP contribution in [-0.2, 0) is 10.0 Å². The second-order valence-electron chi connectivity index (χ2n) is 8.46. The van der Waals surface area contributed by atoms with E-state index in [9.17, 15) is 13.2 Å². The van der Waals surface area contributed by atoms with Gasteiger partial charge in [-0.2, -0.15) is 0 Å². The van der Waals surface area contributed by atoms with Crippen LogP contribution < -0.4 is 10.0 Å². The summed E-state index contributed by atoms with van der Waals surface area (Å²) < 4.78 is 29.0. The number of amides is 1. The number of benzene rings is 1. The van der Waals surface area contributed by atoms with Crippen LogP contribution in [0.15, 0.2) is 71.3 Å². The van der Waals surface area contributed by atoms with Crippen LogP contribution in [0.25, 0.3) is 0 Å². The number of hydrogen-bond acceptors (Lipinski definition) is 4. The lowest BCUT2D eigenvalue weighted by molar-refractivity contribution is 0.0947. The molecule has 1 saturated carbocycles. The first-order valence-electron chi connectivity index (χ1n) is 10.4. The fourth-order valence-electron chi connectivity index (χ4n) is 4.90. The highest BCUT2D eigenvalue weighted by molar-refractivity contribution is 7.89. The van der Waals surface area contributed by atoms with Gasteiger partial charge in [0.25, 0.3) is 5.91 Å². The van der Waals surface area contributed by atoms with E-state index in [0.29, 0.717) is 23.1 Å². The quantitative estimate of drug-likeness (QED) is 0.667.